The lowest BCUT2D eigenvalue weighted by Gasteiger charge is -2.05. The number of hydrogen-bond donors (Lipinski definition) is 0. The summed E-state index contributed by atoms with van der Waals surface area (Å²) in [6.07, 6.45) is 12.6. The van der Waals surface area contributed by atoms with Crippen LogP contribution in [-0.4, -0.2) is 0 Å². The maximum Gasteiger partial charge on any atom is 0.0621 e. The minimum atomic E-state index is 0.700. The van der Waals surface area contributed by atoms with E-state index in [1.165, 1.54) is 32.1 Å². The average molecular weight is 193 g/mol. The van der Waals surface area contributed by atoms with E-state index >= 15 is 0 Å². The molecule has 0 bridgehead atoms. The lowest BCUT2D eigenvalue weighted by atomic mass is 10.00. The Morgan fingerprint density at radius 2 is 1.93 bits per heavy atom. The van der Waals surface area contributed by atoms with Crippen molar-refractivity contribution in [3.8, 4) is 6.07 Å². The third kappa shape index (κ3) is 9.32. The second-order valence-corrected chi connectivity index (χ2v) is 3.99. The summed E-state index contributed by atoms with van der Waals surface area (Å²) in [6, 6.07) is 2.20. The van der Waals surface area contributed by atoms with Crippen molar-refractivity contribution in [1.82, 2.24) is 0 Å². The lowest BCUT2D eigenvalue weighted by molar-refractivity contribution is 0.504. The Morgan fingerprint density at radius 1 is 1.21 bits per heavy atom. The van der Waals surface area contributed by atoms with Crippen LogP contribution in [0.3, 0.4) is 0 Å². The number of rotatable bonds is 8. The second-order valence-electron chi connectivity index (χ2n) is 3.99. The summed E-state index contributed by atoms with van der Waals surface area (Å²) >= 11 is 0. The summed E-state index contributed by atoms with van der Waals surface area (Å²) in [5.41, 5.74) is 0. The Hall–Kier alpha value is -0.770. The molecule has 0 aromatic carbocycles. The first-order chi connectivity index (χ1) is 6.81. The largest absolute Gasteiger partial charge is 0.198 e. The van der Waals surface area contributed by atoms with E-state index in [1.807, 2.05) is 0 Å². The van der Waals surface area contributed by atoms with Crippen molar-refractivity contribution in [3.63, 3.8) is 0 Å². The SMILES string of the molecule is CCCC/C=C/CCC(C)CCC#N. The molecule has 1 nitrogen and oxygen atoms in total. The van der Waals surface area contributed by atoms with Crippen LogP contribution in [0.25, 0.3) is 0 Å². The van der Waals surface area contributed by atoms with E-state index in [4.69, 9.17) is 5.26 Å². The first-order valence-electron chi connectivity index (χ1n) is 5.83. The Bertz CT molecular complexity index is 176. The highest BCUT2D eigenvalue weighted by molar-refractivity contribution is 4.82. The number of nitrogens with zero attached hydrogens (tertiary/aromatic N) is 1. The van der Waals surface area contributed by atoms with Crippen molar-refractivity contribution in [3.05, 3.63) is 12.2 Å². The maximum absolute atomic E-state index is 8.42. The summed E-state index contributed by atoms with van der Waals surface area (Å²) in [7, 11) is 0. The molecule has 0 fully saturated rings. The van der Waals surface area contributed by atoms with E-state index in [0.717, 1.165) is 6.42 Å². The zero-order valence-electron chi connectivity index (χ0n) is 9.63. The lowest BCUT2D eigenvalue weighted by Crippen LogP contribution is -1.92. The predicted octanol–water partition coefficient (Wildman–Crippen LogP) is 4.45. The molecule has 0 saturated carbocycles. The molecule has 0 aliphatic heterocycles. The van der Waals surface area contributed by atoms with Crippen LogP contribution in [0.5, 0.6) is 0 Å². The van der Waals surface area contributed by atoms with Gasteiger partial charge < -0.3 is 0 Å². The van der Waals surface area contributed by atoms with Gasteiger partial charge in [-0.25, -0.2) is 0 Å². The van der Waals surface area contributed by atoms with Crippen molar-refractivity contribution in [2.45, 2.75) is 58.8 Å². The first kappa shape index (κ1) is 13.2. The highest BCUT2D eigenvalue weighted by Crippen LogP contribution is 2.12. The Morgan fingerprint density at radius 3 is 2.57 bits per heavy atom. The predicted molar refractivity (Wildman–Crippen MR) is 61.9 cm³/mol. The van der Waals surface area contributed by atoms with Gasteiger partial charge in [0.2, 0.25) is 0 Å². The van der Waals surface area contributed by atoms with Crippen molar-refractivity contribution in [2.24, 2.45) is 5.92 Å². The minimum Gasteiger partial charge on any atom is -0.198 e. The molecular weight excluding hydrogens is 170 g/mol. The van der Waals surface area contributed by atoms with Crippen LogP contribution in [0.15, 0.2) is 12.2 Å². The van der Waals surface area contributed by atoms with Crippen LogP contribution < -0.4 is 0 Å². The number of unbranched alkanes of at least 4 members (excludes halogenated alkanes) is 2. The van der Waals surface area contributed by atoms with E-state index in [-0.39, 0.29) is 0 Å². The Balaban J connectivity index is 3.26. The Labute approximate surface area is 88.8 Å². The van der Waals surface area contributed by atoms with Crippen LogP contribution in [-0.2, 0) is 0 Å². The van der Waals surface area contributed by atoms with Crippen molar-refractivity contribution in [2.75, 3.05) is 0 Å². The summed E-state index contributed by atoms with van der Waals surface area (Å²) in [5, 5.41) is 8.42. The van der Waals surface area contributed by atoms with Crippen LogP contribution in [0.4, 0.5) is 0 Å². The van der Waals surface area contributed by atoms with Crippen molar-refractivity contribution < 1.29 is 0 Å². The van der Waals surface area contributed by atoms with E-state index in [9.17, 15) is 0 Å². The van der Waals surface area contributed by atoms with Gasteiger partial charge in [-0.2, -0.15) is 5.26 Å². The fourth-order valence-electron chi connectivity index (χ4n) is 1.39. The van der Waals surface area contributed by atoms with Gasteiger partial charge in [-0.15, -0.1) is 0 Å². The topological polar surface area (TPSA) is 23.8 Å². The van der Waals surface area contributed by atoms with E-state index < -0.39 is 0 Å². The average Bonchev–Trinajstić information content (AvgIpc) is 2.20. The zero-order chi connectivity index (χ0) is 10.6. The van der Waals surface area contributed by atoms with Crippen LogP contribution in [0.1, 0.15) is 58.8 Å². The molecule has 0 saturated heterocycles. The summed E-state index contributed by atoms with van der Waals surface area (Å²) < 4.78 is 0. The third-order valence-corrected chi connectivity index (χ3v) is 2.47. The number of nitriles is 1. The van der Waals surface area contributed by atoms with Crippen LogP contribution in [0.2, 0.25) is 0 Å². The smallest absolute Gasteiger partial charge is 0.0621 e. The maximum atomic E-state index is 8.42. The summed E-state index contributed by atoms with van der Waals surface area (Å²) in [4.78, 5) is 0. The molecule has 0 spiro atoms. The van der Waals surface area contributed by atoms with Gasteiger partial charge in [0.05, 0.1) is 6.07 Å². The molecular formula is C13H23N. The molecule has 0 N–H and O–H groups in total. The standard InChI is InChI=1S/C13H23N/c1-3-4-5-6-7-8-10-13(2)11-9-12-14/h6-7,13H,3-5,8-11H2,1-2H3/b7-6+. The fraction of sp³-hybridized carbons (Fsp3) is 0.769. The summed E-state index contributed by atoms with van der Waals surface area (Å²) in [5.74, 6) is 0.700. The third-order valence-electron chi connectivity index (χ3n) is 2.47. The van der Waals surface area contributed by atoms with Crippen molar-refractivity contribution in [1.29, 1.82) is 5.26 Å². The van der Waals surface area contributed by atoms with Gasteiger partial charge >= 0.3 is 0 Å². The second kappa shape index (κ2) is 10.3. The quantitative estimate of drug-likeness (QED) is 0.412. The molecule has 0 aromatic rings. The molecule has 0 heterocycles. The van der Waals surface area contributed by atoms with E-state index in [1.54, 1.807) is 0 Å². The highest BCUT2D eigenvalue weighted by Gasteiger charge is 1.98. The molecule has 0 aromatic heterocycles. The molecule has 0 amide bonds. The minimum absolute atomic E-state index is 0.700. The van der Waals surface area contributed by atoms with Gasteiger partial charge in [0.15, 0.2) is 0 Å². The first-order valence-corrected chi connectivity index (χ1v) is 5.83. The Kier molecular flexibility index (Phi) is 9.74. The van der Waals surface area contributed by atoms with Gasteiger partial charge in [0, 0.05) is 6.42 Å². The van der Waals surface area contributed by atoms with Crippen LogP contribution in [0, 0.1) is 17.2 Å². The normalized spacial score (nSPS) is 12.9. The molecule has 80 valence electrons. The van der Waals surface area contributed by atoms with Gasteiger partial charge in [-0.05, 0) is 31.6 Å². The monoisotopic (exact) mass is 193 g/mol. The van der Waals surface area contributed by atoms with Gasteiger partial charge in [0.1, 0.15) is 0 Å². The summed E-state index contributed by atoms with van der Waals surface area (Å²) in [6.45, 7) is 4.45. The molecule has 1 heteroatoms. The molecule has 0 aliphatic rings. The van der Waals surface area contributed by atoms with Crippen LogP contribution >= 0.6 is 0 Å². The van der Waals surface area contributed by atoms with Gasteiger partial charge in [0.25, 0.3) is 0 Å². The van der Waals surface area contributed by atoms with E-state index in [2.05, 4.69) is 32.1 Å². The number of allylic oxidation sites excluding steroid dienone is 2. The van der Waals surface area contributed by atoms with Crippen molar-refractivity contribution >= 4 is 0 Å². The molecule has 0 radical (unpaired) electrons. The van der Waals surface area contributed by atoms with E-state index in [0.29, 0.717) is 12.3 Å². The molecule has 0 aliphatic carbocycles. The van der Waals surface area contributed by atoms with Gasteiger partial charge in [-0.3, -0.25) is 0 Å². The molecule has 14 heavy (non-hydrogen) atoms. The zero-order valence-corrected chi connectivity index (χ0v) is 9.63. The highest BCUT2D eigenvalue weighted by atomic mass is 14.2. The molecule has 1 atom stereocenters. The number of hydrogen-bond acceptors (Lipinski definition) is 1. The molecule has 0 rings (SSSR count). The van der Waals surface area contributed by atoms with Gasteiger partial charge in [-0.1, -0.05) is 38.8 Å². The fourth-order valence-corrected chi connectivity index (χ4v) is 1.39. The molecule has 1 unspecified atom stereocenters.